The lowest BCUT2D eigenvalue weighted by atomic mass is 10.2. The van der Waals surface area contributed by atoms with E-state index in [-0.39, 0.29) is 12.3 Å². The van der Waals surface area contributed by atoms with E-state index in [1.165, 1.54) is 24.3 Å². The van der Waals surface area contributed by atoms with Crippen LogP contribution in [0.5, 0.6) is 0 Å². The summed E-state index contributed by atoms with van der Waals surface area (Å²) in [7, 11) is 0. The van der Waals surface area contributed by atoms with Crippen LogP contribution in [0, 0.1) is 10.1 Å². The van der Waals surface area contributed by atoms with Crippen LogP contribution in [0.25, 0.3) is 0 Å². The van der Waals surface area contributed by atoms with Crippen LogP contribution in [-0.4, -0.2) is 16.7 Å². The SMILES string of the molecule is CC(=O)C(=O)OCc1ccc([N+](=O)[O-])cc1. The first-order valence-electron chi connectivity index (χ1n) is 4.41. The number of non-ortho nitro benzene ring substituents is 1. The lowest BCUT2D eigenvalue weighted by Crippen LogP contribution is -2.13. The van der Waals surface area contributed by atoms with Gasteiger partial charge in [0, 0.05) is 19.1 Å². The van der Waals surface area contributed by atoms with E-state index in [1.807, 2.05) is 0 Å². The highest BCUT2D eigenvalue weighted by Crippen LogP contribution is 2.12. The van der Waals surface area contributed by atoms with Crippen molar-refractivity contribution in [2.24, 2.45) is 0 Å². The molecule has 0 saturated carbocycles. The van der Waals surface area contributed by atoms with Gasteiger partial charge < -0.3 is 4.74 Å². The highest BCUT2D eigenvalue weighted by molar-refractivity contribution is 6.32. The molecule has 1 rings (SSSR count). The van der Waals surface area contributed by atoms with Gasteiger partial charge in [-0.1, -0.05) is 0 Å². The number of rotatable bonds is 4. The van der Waals surface area contributed by atoms with Crippen molar-refractivity contribution in [1.29, 1.82) is 0 Å². The Balaban J connectivity index is 2.59. The minimum atomic E-state index is -0.918. The Labute approximate surface area is 91.0 Å². The lowest BCUT2D eigenvalue weighted by molar-refractivity contribution is -0.384. The lowest BCUT2D eigenvalue weighted by Gasteiger charge is -2.01. The fourth-order valence-corrected chi connectivity index (χ4v) is 0.964. The zero-order valence-corrected chi connectivity index (χ0v) is 8.50. The molecule has 0 aliphatic carbocycles. The van der Waals surface area contributed by atoms with E-state index in [2.05, 4.69) is 4.74 Å². The zero-order chi connectivity index (χ0) is 12.1. The maximum Gasteiger partial charge on any atom is 0.374 e. The van der Waals surface area contributed by atoms with Crippen molar-refractivity contribution in [3.63, 3.8) is 0 Å². The topological polar surface area (TPSA) is 86.5 Å². The van der Waals surface area contributed by atoms with Gasteiger partial charge in [-0.3, -0.25) is 14.9 Å². The minimum absolute atomic E-state index is 0.0401. The number of nitro groups is 1. The minimum Gasteiger partial charge on any atom is -0.455 e. The number of nitrogens with zero attached hydrogens (tertiary/aromatic N) is 1. The summed E-state index contributed by atoms with van der Waals surface area (Å²) < 4.78 is 4.63. The molecule has 0 fully saturated rings. The van der Waals surface area contributed by atoms with Crippen molar-refractivity contribution < 1.29 is 19.2 Å². The average Bonchev–Trinajstić information content (AvgIpc) is 2.26. The molecule has 0 N–H and O–H groups in total. The molecule has 0 amide bonds. The van der Waals surface area contributed by atoms with E-state index in [0.29, 0.717) is 5.56 Å². The van der Waals surface area contributed by atoms with E-state index in [4.69, 9.17) is 0 Å². The Morgan fingerprint density at radius 1 is 1.31 bits per heavy atom. The quantitative estimate of drug-likeness (QED) is 0.331. The molecule has 6 heteroatoms. The fraction of sp³-hybridized carbons (Fsp3) is 0.200. The largest absolute Gasteiger partial charge is 0.455 e. The molecule has 6 nitrogen and oxygen atoms in total. The van der Waals surface area contributed by atoms with Crippen molar-refractivity contribution in [3.05, 3.63) is 39.9 Å². The van der Waals surface area contributed by atoms with Crippen LogP contribution in [0.15, 0.2) is 24.3 Å². The van der Waals surface area contributed by atoms with E-state index in [1.54, 1.807) is 0 Å². The molecule has 0 atom stereocenters. The molecular weight excluding hydrogens is 214 g/mol. The Morgan fingerprint density at radius 2 is 1.88 bits per heavy atom. The average molecular weight is 223 g/mol. The maximum atomic E-state index is 10.8. The van der Waals surface area contributed by atoms with Crippen molar-refractivity contribution in [1.82, 2.24) is 0 Å². The normalized spacial score (nSPS) is 9.56. The molecule has 84 valence electrons. The third-order valence-electron chi connectivity index (χ3n) is 1.80. The third kappa shape index (κ3) is 3.16. The molecule has 16 heavy (non-hydrogen) atoms. The fourth-order valence-electron chi connectivity index (χ4n) is 0.964. The van der Waals surface area contributed by atoms with Crippen molar-refractivity contribution >= 4 is 17.4 Å². The van der Waals surface area contributed by atoms with Crippen LogP contribution in [0.2, 0.25) is 0 Å². The number of hydrogen-bond donors (Lipinski definition) is 0. The predicted octanol–water partition coefficient (Wildman–Crippen LogP) is 1.23. The highest BCUT2D eigenvalue weighted by Gasteiger charge is 2.09. The summed E-state index contributed by atoms with van der Waals surface area (Å²) in [6.07, 6.45) is 0. The number of ether oxygens (including phenoxy) is 1. The first-order valence-corrected chi connectivity index (χ1v) is 4.41. The van der Waals surface area contributed by atoms with Gasteiger partial charge in [0.1, 0.15) is 6.61 Å². The van der Waals surface area contributed by atoms with E-state index >= 15 is 0 Å². The summed E-state index contributed by atoms with van der Waals surface area (Å²) >= 11 is 0. The zero-order valence-electron chi connectivity index (χ0n) is 8.50. The van der Waals surface area contributed by atoms with Gasteiger partial charge in [-0.25, -0.2) is 4.79 Å². The summed E-state index contributed by atoms with van der Waals surface area (Å²) in [5.74, 6) is -1.60. The van der Waals surface area contributed by atoms with Gasteiger partial charge in [-0.15, -0.1) is 0 Å². The number of benzene rings is 1. The van der Waals surface area contributed by atoms with E-state index < -0.39 is 16.7 Å². The summed E-state index contributed by atoms with van der Waals surface area (Å²) in [6.45, 7) is 1.04. The summed E-state index contributed by atoms with van der Waals surface area (Å²) in [5.41, 5.74) is 0.543. The van der Waals surface area contributed by atoms with Gasteiger partial charge in [0.2, 0.25) is 5.78 Å². The second-order valence-electron chi connectivity index (χ2n) is 3.06. The Morgan fingerprint density at radius 3 is 2.31 bits per heavy atom. The number of hydrogen-bond acceptors (Lipinski definition) is 5. The molecule has 0 bridgehead atoms. The van der Waals surface area contributed by atoms with Crippen molar-refractivity contribution in [2.45, 2.75) is 13.5 Å². The van der Waals surface area contributed by atoms with Crippen LogP contribution in [-0.2, 0) is 20.9 Å². The van der Waals surface area contributed by atoms with Gasteiger partial charge in [-0.2, -0.15) is 0 Å². The molecule has 0 spiro atoms. The van der Waals surface area contributed by atoms with Gasteiger partial charge in [-0.05, 0) is 17.7 Å². The molecule has 0 unspecified atom stereocenters. The summed E-state index contributed by atoms with van der Waals surface area (Å²) in [5, 5.41) is 10.3. The van der Waals surface area contributed by atoms with Gasteiger partial charge in [0.15, 0.2) is 0 Å². The number of esters is 1. The Kier molecular flexibility index (Phi) is 3.71. The number of nitro benzene ring substituents is 1. The smallest absolute Gasteiger partial charge is 0.374 e. The van der Waals surface area contributed by atoms with Gasteiger partial charge >= 0.3 is 5.97 Å². The van der Waals surface area contributed by atoms with Crippen LogP contribution in [0.4, 0.5) is 5.69 Å². The summed E-state index contributed by atoms with van der Waals surface area (Å²) in [4.78, 5) is 31.2. The number of Topliss-reactive ketones (excluding diaryl/α,β-unsaturated/α-hetero) is 1. The van der Waals surface area contributed by atoms with Crippen LogP contribution in [0.1, 0.15) is 12.5 Å². The first kappa shape index (κ1) is 11.8. The summed E-state index contributed by atoms with van der Waals surface area (Å²) in [6, 6.07) is 5.53. The number of carbonyl (C=O) groups is 2. The molecule has 0 aromatic heterocycles. The molecule has 1 aromatic rings. The molecule has 0 aliphatic heterocycles. The second kappa shape index (κ2) is 5.01. The standard InChI is InChI=1S/C10H9NO5/c1-7(12)10(13)16-6-8-2-4-9(5-3-8)11(14)15/h2-5H,6H2,1H3. The maximum absolute atomic E-state index is 10.8. The van der Waals surface area contributed by atoms with E-state index in [0.717, 1.165) is 6.92 Å². The molecule has 0 saturated heterocycles. The first-order chi connectivity index (χ1) is 7.50. The van der Waals surface area contributed by atoms with Crippen molar-refractivity contribution in [3.8, 4) is 0 Å². The molecular formula is C10H9NO5. The van der Waals surface area contributed by atoms with Gasteiger partial charge in [0.05, 0.1) is 4.92 Å². The molecule has 0 heterocycles. The Bertz CT molecular complexity index is 423. The highest BCUT2D eigenvalue weighted by atomic mass is 16.6. The monoisotopic (exact) mass is 223 g/mol. The van der Waals surface area contributed by atoms with Gasteiger partial charge in [0.25, 0.3) is 5.69 Å². The van der Waals surface area contributed by atoms with Crippen LogP contribution < -0.4 is 0 Å². The molecule has 0 aliphatic rings. The third-order valence-corrected chi connectivity index (χ3v) is 1.80. The predicted molar refractivity (Wildman–Crippen MR) is 53.6 cm³/mol. The molecule has 0 radical (unpaired) electrons. The number of ketones is 1. The molecule has 1 aromatic carbocycles. The second-order valence-corrected chi connectivity index (χ2v) is 3.06. The van der Waals surface area contributed by atoms with Crippen molar-refractivity contribution in [2.75, 3.05) is 0 Å². The van der Waals surface area contributed by atoms with Crippen LogP contribution in [0.3, 0.4) is 0 Å². The van der Waals surface area contributed by atoms with E-state index in [9.17, 15) is 19.7 Å². The van der Waals surface area contributed by atoms with Crippen LogP contribution >= 0.6 is 0 Å². The Hall–Kier alpha value is -2.24. The number of carbonyl (C=O) groups excluding carboxylic acids is 2.